The molecule has 3 heterocycles. The number of aromatic amines is 1. The average molecular weight is 556 g/mol. The topological polar surface area (TPSA) is 93.3 Å². The summed E-state index contributed by atoms with van der Waals surface area (Å²) in [6, 6.07) is 30.8. The summed E-state index contributed by atoms with van der Waals surface area (Å²) in [6.45, 7) is 2.71. The largest absolute Gasteiger partial charge is 0.369 e. The summed E-state index contributed by atoms with van der Waals surface area (Å²) in [5.41, 5.74) is 7.19. The maximum atomic E-state index is 12.7. The van der Waals surface area contributed by atoms with E-state index in [0.29, 0.717) is 11.4 Å². The Kier molecular flexibility index (Phi) is 7.67. The molecule has 5 aromatic rings. The fourth-order valence-electron chi connectivity index (χ4n) is 5.71. The van der Waals surface area contributed by atoms with Crippen LogP contribution in [-0.2, 0) is 6.54 Å². The van der Waals surface area contributed by atoms with Gasteiger partial charge < -0.3 is 9.88 Å². The fourth-order valence-corrected chi connectivity index (χ4v) is 5.71. The van der Waals surface area contributed by atoms with Crippen LogP contribution in [0.5, 0.6) is 0 Å². The summed E-state index contributed by atoms with van der Waals surface area (Å²) in [7, 11) is 3.77. The lowest BCUT2D eigenvalue weighted by molar-refractivity contribution is 0.180. The number of benzene rings is 3. The number of rotatable bonds is 7. The third-order valence-corrected chi connectivity index (χ3v) is 7.80. The first-order valence-electron chi connectivity index (χ1n) is 14.2. The minimum absolute atomic E-state index is 0.0212. The van der Waals surface area contributed by atoms with Crippen molar-refractivity contribution < 1.29 is 0 Å². The number of nitriles is 1. The van der Waals surface area contributed by atoms with Gasteiger partial charge >= 0.3 is 5.69 Å². The Balaban J connectivity index is 1.21. The summed E-state index contributed by atoms with van der Waals surface area (Å²) in [4.78, 5) is 29.3. The van der Waals surface area contributed by atoms with Crippen LogP contribution in [0, 0.1) is 11.3 Å². The number of pyridine rings is 1. The number of para-hydroxylation sites is 2. The molecule has 1 saturated heterocycles. The van der Waals surface area contributed by atoms with E-state index in [4.69, 9.17) is 4.98 Å². The molecule has 3 aromatic carbocycles. The average Bonchev–Trinajstić information content (AvgIpc) is 3.36. The van der Waals surface area contributed by atoms with E-state index in [1.165, 1.54) is 5.56 Å². The number of imidazole rings is 1. The van der Waals surface area contributed by atoms with Gasteiger partial charge in [-0.05, 0) is 42.2 Å². The standard InChI is InChI=1S/C34H33N7O/c1-39(2)23-36-33-27(21-35)20-29(25-8-4-3-5-9-25)32(38-33)26-14-12-24(13-15-26)22-40-18-16-28(17-19-40)41-31-11-7-6-10-30(31)37-34(41)42/h3-15,20,23,28H,16-19,22H2,1-2H3,(H,37,42)/b36-23-. The summed E-state index contributed by atoms with van der Waals surface area (Å²) < 4.78 is 1.94. The lowest BCUT2D eigenvalue weighted by Gasteiger charge is -2.32. The number of aliphatic imine (C=N–C) groups is 1. The van der Waals surface area contributed by atoms with Gasteiger partial charge in [0.05, 0.1) is 28.6 Å². The minimum atomic E-state index is -0.0212. The van der Waals surface area contributed by atoms with E-state index >= 15 is 0 Å². The van der Waals surface area contributed by atoms with Gasteiger partial charge in [0.1, 0.15) is 6.07 Å². The molecule has 42 heavy (non-hydrogen) atoms. The number of likely N-dealkylation sites (tertiary alicyclic amines) is 1. The van der Waals surface area contributed by atoms with Crippen molar-refractivity contribution in [2.75, 3.05) is 27.2 Å². The van der Waals surface area contributed by atoms with Gasteiger partial charge in [0, 0.05) is 50.9 Å². The highest BCUT2D eigenvalue weighted by molar-refractivity contribution is 5.84. The number of nitrogens with zero attached hydrogens (tertiary/aromatic N) is 6. The van der Waals surface area contributed by atoms with Crippen molar-refractivity contribution in [2.24, 2.45) is 4.99 Å². The second kappa shape index (κ2) is 11.9. The molecule has 1 aliphatic heterocycles. The molecule has 0 radical (unpaired) electrons. The molecule has 2 aromatic heterocycles. The first-order chi connectivity index (χ1) is 20.5. The van der Waals surface area contributed by atoms with E-state index in [1.54, 1.807) is 6.34 Å². The van der Waals surface area contributed by atoms with Crippen molar-refractivity contribution in [2.45, 2.75) is 25.4 Å². The van der Waals surface area contributed by atoms with E-state index in [2.05, 4.69) is 45.2 Å². The van der Waals surface area contributed by atoms with Gasteiger partial charge in [0.2, 0.25) is 0 Å². The number of hydrogen-bond donors (Lipinski definition) is 1. The van der Waals surface area contributed by atoms with Crippen LogP contribution >= 0.6 is 0 Å². The van der Waals surface area contributed by atoms with Crippen LogP contribution in [0.3, 0.4) is 0 Å². The van der Waals surface area contributed by atoms with Gasteiger partial charge in [-0.25, -0.2) is 14.8 Å². The molecule has 6 rings (SSSR count). The van der Waals surface area contributed by atoms with Gasteiger partial charge in [-0.2, -0.15) is 5.26 Å². The molecule has 0 saturated carbocycles. The Morgan fingerprint density at radius 2 is 1.71 bits per heavy atom. The van der Waals surface area contributed by atoms with Crippen molar-refractivity contribution in [3.8, 4) is 28.5 Å². The molecule has 1 fully saturated rings. The van der Waals surface area contributed by atoms with Crippen LogP contribution in [0.2, 0.25) is 0 Å². The zero-order chi connectivity index (χ0) is 29.1. The van der Waals surface area contributed by atoms with Crippen molar-refractivity contribution >= 4 is 23.2 Å². The van der Waals surface area contributed by atoms with Gasteiger partial charge in [-0.15, -0.1) is 0 Å². The molecule has 8 nitrogen and oxygen atoms in total. The van der Waals surface area contributed by atoms with E-state index in [1.807, 2.05) is 84.2 Å². The molecular weight excluding hydrogens is 522 g/mol. The highest BCUT2D eigenvalue weighted by atomic mass is 16.1. The van der Waals surface area contributed by atoms with Gasteiger partial charge in [0.25, 0.3) is 0 Å². The quantitative estimate of drug-likeness (QED) is 0.197. The zero-order valence-electron chi connectivity index (χ0n) is 23.9. The Morgan fingerprint density at radius 3 is 2.43 bits per heavy atom. The first kappa shape index (κ1) is 27.2. The maximum absolute atomic E-state index is 12.7. The molecule has 0 atom stereocenters. The van der Waals surface area contributed by atoms with E-state index < -0.39 is 0 Å². The number of piperidine rings is 1. The number of H-pyrrole nitrogens is 1. The highest BCUT2D eigenvalue weighted by Gasteiger charge is 2.23. The smallest absolute Gasteiger partial charge is 0.326 e. The molecule has 0 unspecified atom stereocenters. The number of aromatic nitrogens is 3. The monoisotopic (exact) mass is 555 g/mol. The van der Waals surface area contributed by atoms with Crippen LogP contribution in [-0.4, -0.2) is 57.9 Å². The van der Waals surface area contributed by atoms with Crippen LogP contribution in [0.25, 0.3) is 33.4 Å². The Morgan fingerprint density at radius 1 is 1.00 bits per heavy atom. The molecule has 210 valence electrons. The second-order valence-electron chi connectivity index (χ2n) is 11.0. The van der Waals surface area contributed by atoms with Gasteiger partial charge in [0.15, 0.2) is 5.82 Å². The van der Waals surface area contributed by atoms with E-state index in [9.17, 15) is 10.1 Å². The van der Waals surface area contributed by atoms with Crippen molar-refractivity contribution in [3.05, 3.63) is 107 Å². The summed E-state index contributed by atoms with van der Waals surface area (Å²) in [5.74, 6) is 0.405. The lowest BCUT2D eigenvalue weighted by Crippen LogP contribution is -2.36. The molecule has 0 aliphatic carbocycles. The van der Waals surface area contributed by atoms with Gasteiger partial charge in [-0.3, -0.25) is 9.47 Å². The van der Waals surface area contributed by atoms with Crippen LogP contribution in [0.1, 0.15) is 30.0 Å². The van der Waals surface area contributed by atoms with E-state index in [0.717, 1.165) is 65.9 Å². The number of nitrogens with one attached hydrogen (secondary N) is 1. The highest BCUT2D eigenvalue weighted by Crippen LogP contribution is 2.35. The minimum Gasteiger partial charge on any atom is -0.369 e. The second-order valence-corrected chi connectivity index (χ2v) is 11.0. The summed E-state index contributed by atoms with van der Waals surface area (Å²) >= 11 is 0. The third-order valence-electron chi connectivity index (χ3n) is 7.80. The Labute approximate surface area is 245 Å². The maximum Gasteiger partial charge on any atom is 0.326 e. The third kappa shape index (κ3) is 5.60. The van der Waals surface area contributed by atoms with Crippen molar-refractivity contribution in [3.63, 3.8) is 0 Å². The Hall–Kier alpha value is -5.00. The predicted octanol–water partition coefficient (Wildman–Crippen LogP) is 5.99. The van der Waals surface area contributed by atoms with Gasteiger partial charge in [-0.1, -0.05) is 66.7 Å². The fraction of sp³-hybridized carbons (Fsp3) is 0.235. The SMILES string of the molecule is CN(C)/C=N\c1nc(-c2ccc(CN3CCC(n4c(=O)[nH]c5ccccc54)CC3)cc2)c(-c2ccccc2)cc1C#N. The first-order valence-corrected chi connectivity index (χ1v) is 14.2. The van der Waals surface area contributed by atoms with Crippen molar-refractivity contribution in [1.82, 2.24) is 24.3 Å². The molecule has 0 amide bonds. The molecule has 1 aliphatic rings. The van der Waals surface area contributed by atoms with Crippen LogP contribution < -0.4 is 5.69 Å². The molecule has 8 heteroatoms. The lowest BCUT2D eigenvalue weighted by atomic mass is 9.97. The van der Waals surface area contributed by atoms with E-state index in [-0.39, 0.29) is 11.7 Å². The number of hydrogen-bond acceptors (Lipinski definition) is 5. The Bertz CT molecular complexity index is 1820. The zero-order valence-corrected chi connectivity index (χ0v) is 23.9. The predicted molar refractivity (Wildman–Crippen MR) is 168 cm³/mol. The van der Waals surface area contributed by atoms with Crippen molar-refractivity contribution in [1.29, 1.82) is 5.26 Å². The number of fused-ring (bicyclic) bond motifs is 1. The van der Waals surface area contributed by atoms with Crippen LogP contribution in [0.4, 0.5) is 5.82 Å². The molecule has 0 bridgehead atoms. The molecular formula is C34H33N7O. The van der Waals surface area contributed by atoms with Crippen LogP contribution in [0.15, 0.2) is 94.7 Å². The normalized spacial score (nSPS) is 14.4. The summed E-state index contributed by atoms with van der Waals surface area (Å²) in [6.07, 6.45) is 3.54. The summed E-state index contributed by atoms with van der Waals surface area (Å²) in [5, 5.41) is 9.84. The molecule has 1 N–H and O–H groups in total. The molecule has 0 spiro atoms.